The maximum absolute atomic E-state index is 12.2. The summed E-state index contributed by atoms with van der Waals surface area (Å²) in [5.41, 5.74) is -0.594. The van der Waals surface area contributed by atoms with Crippen LogP contribution < -0.4 is 0 Å². The van der Waals surface area contributed by atoms with Crippen molar-refractivity contribution in [3.05, 3.63) is 34.4 Å². The molecular formula is C10H8N4O4S. The van der Waals surface area contributed by atoms with Crippen LogP contribution in [0.3, 0.4) is 0 Å². The lowest BCUT2D eigenvalue weighted by molar-refractivity contribution is -0.387. The number of para-hydroxylation sites is 1. The molecule has 0 bridgehead atoms. The van der Waals surface area contributed by atoms with E-state index in [0.29, 0.717) is 4.31 Å². The summed E-state index contributed by atoms with van der Waals surface area (Å²) >= 11 is 0. The number of nitrogens with zero attached hydrogens (tertiary/aromatic N) is 4. The zero-order valence-electron chi connectivity index (χ0n) is 9.55. The standard InChI is InChI=1S/C10H8N4O4S/c11-5-7-13(8-6-12)19(17,18)10-4-2-1-3-9(10)14(15)16/h1-4H,7-8H2. The van der Waals surface area contributed by atoms with Crippen molar-refractivity contribution in [1.29, 1.82) is 10.5 Å². The minimum atomic E-state index is -4.25. The number of hydrogen-bond acceptors (Lipinski definition) is 6. The quantitative estimate of drug-likeness (QED) is 0.442. The number of nitro groups is 1. The van der Waals surface area contributed by atoms with Crippen molar-refractivity contribution in [3.8, 4) is 12.1 Å². The molecule has 0 aliphatic heterocycles. The second-order valence-electron chi connectivity index (χ2n) is 3.31. The molecule has 0 atom stereocenters. The minimum absolute atomic E-state index is 0.537. The van der Waals surface area contributed by atoms with Crippen molar-refractivity contribution in [2.24, 2.45) is 0 Å². The highest BCUT2D eigenvalue weighted by Crippen LogP contribution is 2.25. The van der Waals surface area contributed by atoms with E-state index < -0.39 is 38.6 Å². The van der Waals surface area contributed by atoms with Gasteiger partial charge in [0, 0.05) is 6.07 Å². The van der Waals surface area contributed by atoms with Crippen LogP contribution in [0.1, 0.15) is 0 Å². The fourth-order valence-corrected chi connectivity index (χ4v) is 2.74. The van der Waals surface area contributed by atoms with Crippen LogP contribution in [0.4, 0.5) is 5.69 Å². The predicted octanol–water partition coefficient (Wildman–Crippen LogP) is 0.633. The van der Waals surface area contributed by atoms with Gasteiger partial charge in [-0.2, -0.15) is 14.8 Å². The Bertz CT molecular complexity index is 656. The molecular weight excluding hydrogens is 272 g/mol. The van der Waals surface area contributed by atoms with Crippen molar-refractivity contribution in [3.63, 3.8) is 0 Å². The van der Waals surface area contributed by atoms with Gasteiger partial charge in [0.05, 0.1) is 17.1 Å². The van der Waals surface area contributed by atoms with E-state index in [2.05, 4.69) is 0 Å². The Morgan fingerprint density at radius 2 is 1.74 bits per heavy atom. The fraction of sp³-hybridized carbons (Fsp3) is 0.200. The molecule has 1 aromatic carbocycles. The Hall–Kier alpha value is -2.49. The molecule has 98 valence electrons. The third-order valence-corrected chi connectivity index (χ3v) is 4.01. The normalized spacial score (nSPS) is 10.7. The molecule has 0 saturated heterocycles. The summed E-state index contributed by atoms with van der Waals surface area (Å²) in [6.07, 6.45) is 0. The minimum Gasteiger partial charge on any atom is -0.258 e. The van der Waals surface area contributed by atoms with Gasteiger partial charge in [-0.05, 0) is 6.07 Å². The fourth-order valence-electron chi connectivity index (χ4n) is 1.35. The summed E-state index contributed by atoms with van der Waals surface area (Å²) in [4.78, 5) is 9.43. The zero-order valence-corrected chi connectivity index (χ0v) is 10.4. The Morgan fingerprint density at radius 1 is 1.21 bits per heavy atom. The van der Waals surface area contributed by atoms with Gasteiger partial charge in [-0.1, -0.05) is 12.1 Å². The van der Waals surface area contributed by atoms with E-state index >= 15 is 0 Å². The number of benzene rings is 1. The topological polar surface area (TPSA) is 128 Å². The molecule has 19 heavy (non-hydrogen) atoms. The molecule has 0 heterocycles. The first-order valence-electron chi connectivity index (χ1n) is 4.92. The molecule has 1 aromatic rings. The molecule has 0 aliphatic rings. The molecule has 0 unspecified atom stereocenters. The molecule has 0 aromatic heterocycles. The Morgan fingerprint density at radius 3 is 2.21 bits per heavy atom. The number of rotatable bonds is 5. The van der Waals surface area contributed by atoms with Gasteiger partial charge in [0.25, 0.3) is 15.7 Å². The largest absolute Gasteiger partial charge is 0.289 e. The maximum atomic E-state index is 12.2. The molecule has 0 fully saturated rings. The van der Waals surface area contributed by atoms with E-state index in [1.54, 1.807) is 12.1 Å². The second-order valence-corrected chi connectivity index (χ2v) is 5.22. The van der Waals surface area contributed by atoms with Gasteiger partial charge >= 0.3 is 0 Å². The van der Waals surface area contributed by atoms with Crippen LogP contribution in [0.5, 0.6) is 0 Å². The van der Waals surface area contributed by atoms with Crippen molar-refractivity contribution in [1.82, 2.24) is 4.31 Å². The van der Waals surface area contributed by atoms with Crippen LogP contribution in [0.2, 0.25) is 0 Å². The van der Waals surface area contributed by atoms with Gasteiger partial charge in [0.1, 0.15) is 13.1 Å². The molecule has 1 rings (SSSR count). The maximum Gasteiger partial charge on any atom is 0.289 e. The lowest BCUT2D eigenvalue weighted by Crippen LogP contribution is -2.32. The monoisotopic (exact) mass is 280 g/mol. The van der Waals surface area contributed by atoms with Gasteiger partial charge in [0.2, 0.25) is 0 Å². The van der Waals surface area contributed by atoms with E-state index in [1.165, 1.54) is 12.1 Å². The molecule has 9 heteroatoms. The summed E-state index contributed by atoms with van der Waals surface area (Å²) < 4.78 is 24.9. The molecule has 0 radical (unpaired) electrons. The average Bonchev–Trinajstić information content (AvgIpc) is 2.38. The van der Waals surface area contributed by atoms with Gasteiger partial charge in [-0.3, -0.25) is 10.1 Å². The zero-order chi connectivity index (χ0) is 14.5. The first-order chi connectivity index (χ1) is 8.95. The molecule has 0 saturated carbocycles. The van der Waals surface area contributed by atoms with E-state index in [4.69, 9.17) is 10.5 Å². The molecule has 0 N–H and O–H groups in total. The van der Waals surface area contributed by atoms with Crippen molar-refractivity contribution in [2.75, 3.05) is 13.1 Å². The number of hydrogen-bond donors (Lipinski definition) is 0. The SMILES string of the molecule is N#CCN(CC#N)S(=O)(=O)c1ccccc1[N+](=O)[O-]. The van der Waals surface area contributed by atoms with Crippen molar-refractivity contribution >= 4 is 15.7 Å². The third-order valence-electron chi connectivity index (χ3n) is 2.17. The smallest absolute Gasteiger partial charge is 0.258 e. The van der Waals surface area contributed by atoms with E-state index in [9.17, 15) is 18.5 Å². The summed E-state index contributed by atoms with van der Waals surface area (Å²) in [5, 5.41) is 27.9. The molecule has 0 amide bonds. The van der Waals surface area contributed by atoms with Crippen LogP contribution in [-0.4, -0.2) is 30.7 Å². The lowest BCUT2D eigenvalue weighted by Gasteiger charge is -2.15. The van der Waals surface area contributed by atoms with Crippen LogP contribution >= 0.6 is 0 Å². The highest BCUT2D eigenvalue weighted by Gasteiger charge is 2.31. The highest BCUT2D eigenvalue weighted by atomic mass is 32.2. The first kappa shape index (κ1) is 14.6. The summed E-state index contributed by atoms with van der Waals surface area (Å²) in [6, 6.07) is 7.98. The van der Waals surface area contributed by atoms with Gasteiger partial charge in [-0.15, -0.1) is 0 Å². The molecule has 0 spiro atoms. The third kappa shape index (κ3) is 3.04. The van der Waals surface area contributed by atoms with Gasteiger partial charge < -0.3 is 0 Å². The average molecular weight is 280 g/mol. The molecule has 8 nitrogen and oxygen atoms in total. The predicted molar refractivity (Wildman–Crippen MR) is 63.1 cm³/mol. The summed E-state index contributed by atoms with van der Waals surface area (Å²) in [6.45, 7) is -1.11. The summed E-state index contributed by atoms with van der Waals surface area (Å²) in [7, 11) is -4.25. The number of nitriles is 2. The van der Waals surface area contributed by atoms with Gasteiger partial charge in [0.15, 0.2) is 4.90 Å². The van der Waals surface area contributed by atoms with E-state index in [-0.39, 0.29) is 0 Å². The second kappa shape index (κ2) is 5.91. The van der Waals surface area contributed by atoms with Crippen LogP contribution in [0.15, 0.2) is 29.2 Å². The van der Waals surface area contributed by atoms with Crippen LogP contribution in [0, 0.1) is 32.8 Å². The van der Waals surface area contributed by atoms with Crippen LogP contribution in [-0.2, 0) is 10.0 Å². The number of sulfonamides is 1. The Labute approximate surface area is 109 Å². The van der Waals surface area contributed by atoms with E-state index in [0.717, 1.165) is 12.1 Å². The van der Waals surface area contributed by atoms with Crippen molar-refractivity contribution < 1.29 is 13.3 Å². The lowest BCUT2D eigenvalue weighted by atomic mass is 10.3. The van der Waals surface area contributed by atoms with Crippen LogP contribution in [0.25, 0.3) is 0 Å². The Kier molecular flexibility index (Phi) is 4.53. The first-order valence-corrected chi connectivity index (χ1v) is 6.36. The van der Waals surface area contributed by atoms with Gasteiger partial charge in [-0.25, -0.2) is 8.42 Å². The van der Waals surface area contributed by atoms with Crippen molar-refractivity contribution in [2.45, 2.75) is 4.90 Å². The van der Waals surface area contributed by atoms with E-state index in [1.807, 2.05) is 0 Å². The molecule has 0 aliphatic carbocycles. The Balaban J connectivity index is 3.39. The number of nitro benzene ring substituents is 1. The summed E-state index contributed by atoms with van der Waals surface area (Å²) in [5.74, 6) is 0. The highest BCUT2D eigenvalue weighted by molar-refractivity contribution is 7.89.